The van der Waals surface area contributed by atoms with Crippen molar-refractivity contribution in [1.82, 2.24) is 25.3 Å². The lowest BCUT2D eigenvalue weighted by Crippen LogP contribution is -2.22. The zero-order chi connectivity index (χ0) is 23.8. The molecule has 0 bridgehead atoms. The number of aliphatic imine (C=N–C) groups is 1. The van der Waals surface area contributed by atoms with Crippen LogP contribution in [0.15, 0.2) is 60.1 Å². The molecule has 0 aliphatic rings. The van der Waals surface area contributed by atoms with Crippen molar-refractivity contribution in [2.75, 3.05) is 0 Å². The highest BCUT2D eigenvalue weighted by Gasteiger charge is 2.34. The van der Waals surface area contributed by atoms with Gasteiger partial charge in [-0.2, -0.15) is 13.2 Å². The van der Waals surface area contributed by atoms with Gasteiger partial charge in [-0.05, 0) is 49.7 Å². The Labute approximate surface area is 190 Å². The van der Waals surface area contributed by atoms with Gasteiger partial charge in [-0.1, -0.05) is 31.6 Å². The third kappa shape index (κ3) is 6.68. The van der Waals surface area contributed by atoms with Gasteiger partial charge in [-0.3, -0.25) is 9.98 Å². The van der Waals surface area contributed by atoms with Crippen LogP contribution in [-0.4, -0.2) is 25.8 Å². The van der Waals surface area contributed by atoms with Crippen molar-refractivity contribution in [2.24, 2.45) is 4.99 Å². The molecule has 33 heavy (non-hydrogen) atoms. The van der Waals surface area contributed by atoms with Crippen LogP contribution < -0.4 is 5.32 Å². The Morgan fingerprint density at radius 2 is 1.73 bits per heavy atom. The van der Waals surface area contributed by atoms with Crippen LogP contribution in [0.25, 0.3) is 11.4 Å². The fraction of sp³-hybridized carbons (Fsp3) is 0.292. The summed E-state index contributed by atoms with van der Waals surface area (Å²) >= 11 is 0. The minimum absolute atomic E-state index is 0.0935. The molecule has 0 atom stereocenters. The Bertz CT molecular complexity index is 1120. The Kier molecular flexibility index (Phi) is 7.87. The van der Waals surface area contributed by atoms with Gasteiger partial charge in [0.05, 0.1) is 17.9 Å². The van der Waals surface area contributed by atoms with Gasteiger partial charge in [-0.15, -0.1) is 0 Å². The van der Waals surface area contributed by atoms with Gasteiger partial charge in [0.2, 0.25) is 5.82 Å². The SMILES string of the molecule is CCC/C=C/NC(=NCc1cnc(C(F)(F)F)nc1)c1nc(-c2ccc(C)cn2)ccc1C. The lowest BCUT2D eigenvalue weighted by Gasteiger charge is -2.11. The maximum Gasteiger partial charge on any atom is 0.451 e. The van der Waals surface area contributed by atoms with Gasteiger partial charge in [0.1, 0.15) is 5.69 Å². The molecule has 0 amide bonds. The Hall–Kier alpha value is -3.62. The molecule has 0 fully saturated rings. The quantitative estimate of drug-likeness (QED) is 0.381. The van der Waals surface area contributed by atoms with Gasteiger partial charge in [0, 0.05) is 24.2 Å². The molecule has 3 rings (SSSR count). The molecule has 0 aliphatic heterocycles. The molecular weight excluding hydrogens is 429 g/mol. The first kappa shape index (κ1) is 24.0. The standard InChI is InChI=1S/C24H25F3N6/c1-4-5-6-11-28-22(30-13-18-14-31-23(32-15-18)24(25,26)27)21-17(3)8-10-20(33-21)19-9-7-16(2)12-29-19/h6-12,14-15H,4-5,13H2,1-3H3,(H,28,30)/b11-6+. The summed E-state index contributed by atoms with van der Waals surface area (Å²) < 4.78 is 38.2. The van der Waals surface area contributed by atoms with Gasteiger partial charge < -0.3 is 5.32 Å². The van der Waals surface area contributed by atoms with E-state index in [-0.39, 0.29) is 6.54 Å². The van der Waals surface area contributed by atoms with Crippen LogP contribution in [0.1, 0.15) is 48.0 Å². The average Bonchev–Trinajstić information content (AvgIpc) is 2.79. The summed E-state index contributed by atoms with van der Waals surface area (Å²) in [6, 6.07) is 7.70. The second-order valence-electron chi connectivity index (χ2n) is 7.50. The number of amidine groups is 1. The Balaban J connectivity index is 1.93. The lowest BCUT2D eigenvalue weighted by molar-refractivity contribution is -0.145. The van der Waals surface area contributed by atoms with Crippen molar-refractivity contribution >= 4 is 5.84 Å². The number of nitrogens with zero attached hydrogens (tertiary/aromatic N) is 5. The number of pyridine rings is 2. The monoisotopic (exact) mass is 454 g/mol. The lowest BCUT2D eigenvalue weighted by atomic mass is 10.1. The van der Waals surface area contributed by atoms with E-state index < -0.39 is 12.0 Å². The normalized spacial score (nSPS) is 12.4. The topological polar surface area (TPSA) is 76.0 Å². The molecule has 0 spiro atoms. The maximum atomic E-state index is 12.7. The van der Waals surface area contributed by atoms with E-state index in [2.05, 4.69) is 32.2 Å². The van der Waals surface area contributed by atoms with E-state index in [0.29, 0.717) is 22.8 Å². The molecule has 0 saturated heterocycles. The Morgan fingerprint density at radius 1 is 1.00 bits per heavy atom. The van der Waals surface area contributed by atoms with E-state index >= 15 is 0 Å². The molecule has 0 aliphatic carbocycles. The highest BCUT2D eigenvalue weighted by atomic mass is 19.4. The average molecular weight is 455 g/mol. The van der Waals surface area contributed by atoms with Crippen molar-refractivity contribution in [3.05, 3.63) is 83.3 Å². The van der Waals surface area contributed by atoms with Gasteiger partial charge >= 0.3 is 6.18 Å². The fourth-order valence-corrected chi connectivity index (χ4v) is 2.86. The number of aryl methyl sites for hydroxylation is 2. The van der Waals surface area contributed by atoms with Crippen LogP contribution in [0, 0.1) is 13.8 Å². The van der Waals surface area contributed by atoms with Crippen LogP contribution in [0.2, 0.25) is 0 Å². The Morgan fingerprint density at radius 3 is 2.36 bits per heavy atom. The van der Waals surface area contributed by atoms with Gasteiger partial charge in [0.15, 0.2) is 5.84 Å². The number of halogens is 3. The number of allylic oxidation sites excluding steroid dienone is 1. The molecule has 0 saturated carbocycles. The predicted molar refractivity (Wildman–Crippen MR) is 121 cm³/mol. The second kappa shape index (κ2) is 10.8. The van der Waals surface area contributed by atoms with Gasteiger partial charge in [0.25, 0.3) is 0 Å². The smallest absolute Gasteiger partial charge is 0.345 e. The zero-order valence-electron chi connectivity index (χ0n) is 18.7. The summed E-state index contributed by atoms with van der Waals surface area (Å²) in [4.78, 5) is 20.6. The van der Waals surface area contributed by atoms with E-state index in [0.717, 1.165) is 42.1 Å². The molecule has 6 nitrogen and oxygen atoms in total. The summed E-state index contributed by atoms with van der Waals surface area (Å²) in [5.41, 5.74) is 4.46. The third-order valence-electron chi connectivity index (χ3n) is 4.67. The summed E-state index contributed by atoms with van der Waals surface area (Å²) in [6.45, 7) is 6.06. The van der Waals surface area contributed by atoms with Crippen LogP contribution in [0.4, 0.5) is 13.2 Å². The molecule has 1 N–H and O–H groups in total. The first-order valence-electron chi connectivity index (χ1n) is 10.5. The van der Waals surface area contributed by atoms with Crippen LogP contribution in [0.5, 0.6) is 0 Å². The molecule has 9 heteroatoms. The molecule has 0 radical (unpaired) electrons. The second-order valence-corrected chi connectivity index (χ2v) is 7.50. The van der Waals surface area contributed by atoms with Crippen LogP contribution in [-0.2, 0) is 12.7 Å². The number of aromatic nitrogens is 4. The fourth-order valence-electron chi connectivity index (χ4n) is 2.86. The minimum Gasteiger partial charge on any atom is -0.345 e. The minimum atomic E-state index is -4.58. The van der Waals surface area contributed by atoms with Crippen LogP contribution in [0.3, 0.4) is 0 Å². The highest BCUT2D eigenvalue weighted by molar-refractivity contribution is 5.99. The number of rotatable bonds is 7. The van der Waals surface area contributed by atoms with E-state index in [4.69, 9.17) is 4.98 Å². The van der Waals surface area contributed by atoms with E-state index in [9.17, 15) is 13.2 Å². The first-order valence-corrected chi connectivity index (χ1v) is 10.5. The van der Waals surface area contributed by atoms with Gasteiger partial charge in [-0.25, -0.2) is 15.0 Å². The highest BCUT2D eigenvalue weighted by Crippen LogP contribution is 2.25. The number of hydrogen-bond donors (Lipinski definition) is 1. The number of nitrogens with one attached hydrogen (secondary N) is 1. The summed E-state index contributed by atoms with van der Waals surface area (Å²) in [5.74, 6) is -0.680. The van der Waals surface area contributed by atoms with Crippen molar-refractivity contribution in [2.45, 2.75) is 46.3 Å². The molecule has 3 aromatic rings. The maximum absolute atomic E-state index is 12.7. The van der Waals surface area contributed by atoms with Crippen molar-refractivity contribution < 1.29 is 13.2 Å². The summed E-state index contributed by atoms with van der Waals surface area (Å²) in [7, 11) is 0. The number of alkyl halides is 3. The largest absolute Gasteiger partial charge is 0.451 e. The number of unbranched alkanes of at least 4 members (excludes halogenated alkanes) is 1. The van der Waals surface area contributed by atoms with Crippen LogP contribution >= 0.6 is 0 Å². The molecule has 3 aromatic heterocycles. The zero-order valence-corrected chi connectivity index (χ0v) is 18.7. The molecule has 0 aromatic carbocycles. The van der Waals surface area contributed by atoms with E-state index in [1.165, 1.54) is 0 Å². The van der Waals surface area contributed by atoms with Crippen molar-refractivity contribution in [1.29, 1.82) is 0 Å². The van der Waals surface area contributed by atoms with E-state index in [1.54, 1.807) is 12.4 Å². The van der Waals surface area contributed by atoms with E-state index in [1.807, 2.05) is 44.2 Å². The van der Waals surface area contributed by atoms with Crippen molar-refractivity contribution in [3.8, 4) is 11.4 Å². The third-order valence-corrected chi connectivity index (χ3v) is 4.67. The molecule has 0 unspecified atom stereocenters. The predicted octanol–water partition coefficient (Wildman–Crippen LogP) is 5.42. The summed E-state index contributed by atoms with van der Waals surface area (Å²) in [5, 5.41) is 3.17. The molecule has 3 heterocycles. The van der Waals surface area contributed by atoms with Crippen molar-refractivity contribution in [3.63, 3.8) is 0 Å². The number of hydrogen-bond acceptors (Lipinski definition) is 5. The molecular formula is C24H25F3N6. The summed E-state index contributed by atoms with van der Waals surface area (Å²) in [6.07, 6.45) is 5.15. The molecule has 172 valence electrons. The first-order chi connectivity index (χ1) is 15.8.